The van der Waals surface area contributed by atoms with E-state index < -0.39 is 10.3 Å². The number of rotatable bonds is 5. The predicted molar refractivity (Wildman–Crippen MR) is 148 cm³/mol. The largest absolute Gasteiger partial charge is 0.392 e. The molecule has 3 N–H and O–H groups in total. The topological polar surface area (TPSA) is 89.6 Å². The van der Waals surface area contributed by atoms with Gasteiger partial charge in [-0.1, -0.05) is 70.5 Å². The molecule has 0 aliphatic heterocycles. The molecule has 0 saturated heterocycles. The van der Waals surface area contributed by atoms with E-state index in [1.807, 2.05) is 0 Å². The molecule has 0 radical (unpaired) electrons. The number of fused-ring (bicyclic) bond motifs is 5. The van der Waals surface area contributed by atoms with Crippen molar-refractivity contribution >= 4 is 10.3 Å². The smallest absolute Gasteiger partial charge is 0.333 e. The first-order valence-corrected chi connectivity index (χ1v) is 15.9. The second-order valence-corrected chi connectivity index (χ2v) is 15.3. The number of hydrogen-bond acceptors (Lipinski definition) is 4. The maximum Gasteiger partial charge on any atom is 0.333 e. The molecule has 1 aromatic carbocycles. The summed E-state index contributed by atoms with van der Waals surface area (Å²) in [5.74, 6) is 2.26. The fraction of sp³-hybridized carbons (Fsp3) is 0.742. The van der Waals surface area contributed by atoms with Gasteiger partial charge in [0.2, 0.25) is 0 Å². The van der Waals surface area contributed by atoms with Gasteiger partial charge in [0.05, 0.1) is 12.2 Å². The fourth-order valence-electron chi connectivity index (χ4n) is 9.10. The quantitative estimate of drug-likeness (QED) is 0.454. The van der Waals surface area contributed by atoms with E-state index in [4.69, 9.17) is 9.32 Å². The lowest BCUT2D eigenvalue weighted by molar-refractivity contribution is -0.0689. The maximum atomic E-state index is 11.5. The fourth-order valence-corrected chi connectivity index (χ4v) is 9.64. The Morgan fingerprint density at radius 2 is 1.76 bits per heavy atom. The molecule has 6 heteroatoms. The van der Waals surface area contributed by atoms with Crippen LogP contribution in [0.1, 0.15) is 97.1 Å². The molecule has 37 heavy (non-hydrogen) atoms. The maximum absolute atomic E-state index is 11.5. The first kappa shape index (κ1) is 27.4. The second-order valence-electron chi connectivity index (χ2n) is 14.2. The summed E-state index contributed by atoms with van der Waals surface area (Å²) >= 11 is 0. The lowest BCUT2D eigenvalue weighted by atomic mass is 9.47. The van der Waals surface area contributed by atoms with Crippen molar-refractivity contribution in [3.63, 3.8) is 0 Å². The Bertz CT molecular complexity index is 1140. The van der Waals surface area contributed by atoms with Crippen molar-refractivity contribution in [2.45, 2.75) is 110 Å². The number of allylic oxidation sites excluding steroid dienone is 1. The number of aliphatic hydroxyl groups is 1. The highest BCUT2D eigenvalue weighted by molar-refractivity contribution is 7.84. The van der Waals surface area contributed by atoms with Gasteiger partial charge in [0, 0.05) is 0 Å². The molecule has 0 spiro atoms. The van der Waals surface area contributed by atoms with E-state index in [1.54, 1.807) is 0 Å². The van der Waals surface area contributed by atoms with Gasteiger partial charge in [0.1, 0.15) is 0 Å². The zero-order valence-electron chi connectivity index (χ0n) is 23.4. The van der Waals surface area contributed by atoms with Crippen molar-refractivity contribution in [1.82, 2.24) is 0 Å². The van der Waals surface area contributed by atoms with Crippen LogP contribution in [0.4, 0.5) is 0 Å². The molecule has 4 aliphatic rings. The zero-order chi connectivity index (χ0) is 26.8. The molecule has 5 rings (SSSR count). The van der Waals surface area contributed by atoms with Gasteiger partial charge in [0.15, 0.2) is 0 Å². The summed E-state index contributed by atoms with van der Waals surface area (Å²) in [4.78, 5) is 0. The Kier molecular flexibility index (Phi) is 7.00. The van der Waals surface area contributed by atoms with Crippen LogP contribution in [0.5, 0.6) is 0 Å². The molecule has 0 bridgehead atoms. The highest BCUT2D eigenvalue weighted by Gasteiger charge is 2.59. The van der Waals surface area contributed by atoms with Crippen molar-refractivity contribution in [2.75, 3.05) is 0 Å². The standard InChI is InChI=1S/C31H47NO4S/c1-29(2,3)21-8-6-20(7-9-21)18-28(33)27-13-12-25-24-11-10-22-19-23(36-37(32,34)35)14-16-30(22,4)26(24)15-17-31(25,27)5/h6-10,23-28,33H,11-19H2,1-5H3,(H2,32,34,35)/t23?,24-,25-,26-,27+,28?,30-,31-/m0/s1. The average Bonchev–Trinajstić information content (AvgIpc) is 3.15. The molecule has 4 aliphatic carbocycles. The van der Waals surface area contributed by atoms with Crippen molar-refractivity contribution < 1.29 is 17.7 Å². The first-order valence-electron chi connectivity index (χ1n) is 14.4. The van der Waals surface area contributed by atoms with Crippen LogP contribution in [-0.4, -0.2) is 25.7 Å². The van der Waals surface area contributed by atoms with Gasteiger partial charge in [-0.3, -0.25) is 4.18 Å². The van der Waals surface area contributed by atoms with Crippen LogP contribution >= 0.6 is 0 Å². The summed E-state index contributed by atoms with van der Waals surface area (Å²) in [6.45, 7) is 11.6. The summed E-state index contributed by atoms with van der Waals surface area (Å²) in [5.41, 5.74) is 4.39. The van der Waals surface area contributed by atoms with Crippen LogP contribution in [-0.2, 0) is 26.3 Å². The van der Waals surface area contributed by atoms with Crippen molar-refractivity contribution in [1.29, 1.82) is 0 Å². The third-order valence-electron chi connectivity index (χ3n) is 11.1. The molecule has 0 amide bonds. The predicted octanol–water partition coefficient (Wildman–Crippen LogP) is 6.06. The normalized spacial score (nSPS) is 38.8. The van der Waals surface area contributed by atoms with Gasteiger partial charge in [-0.25, -0.2) is 5.14 Å². The van der Waals surface area contributed by atoms with E-state index in [1.165, 1.54) is 36.0 Å². The molecule has 0 heterocycles. The van der Waals surface area contributed by atoms with Crippen LogP contribution in [0.3, 0.4) is 0 Å². The van der Waals surface area contributed by atoms with Crippen LogP contribution < -0.4 is 5.14 Å². The van der Waals surface area contributed by atoms with Gasteiger partial charge >= 0.3 is 10.3 Å². The van der Waals surface area contributed by atoms with E-state index in [0.717, 1.165) is 32.1 Å². The summed E-state index contributed by atoms with van der Waals surface area (Å²) in [6.07, 6.45) is 10.6. The van der Waals surface area contributed by atoms with E-state index in [0.29, 0.717) is 30.1 Å². The monoisotopic (exact) mass is 529 g/mol. The number of benzene rings is 1. The highest BCUT2D eigenvalue weighted by Crippen LogP contribution is 2.66. The number of aliphatic hydroxyl groups excluding tert-OH is 1. The minimum atomic E-state index is -3.92. The summed E-state index contributed by atoms with van der Waals surface area (Å²) in [6, 6.07) is 8.86. The SMILES string of the molecule is CC(C)(C)c1ccc(CC(O)[C@H]2CC[C@H]3[C@@H]4CC=C5CC(OS(N)(=O)=O)CC[C@]5(C)[C@H]4CC[C@]23C)cc1. The lowest BCUT2D eigenvalue weighted by Gasteiger charge is -2.58. The van der Waals surface area contributed by atoms with Crippen LogP contribution in [0.25, 0.3) is 0 Å². The van der Waals surface area contributed by atoms with Crippen molar-refractivity contribution in [3.05, 3.63) is 47.0 Å². The van der Waals surface area contributed by atoms with Gasteiger partial charge in [-0.2, -0.15) is 8.42 Å². The van der Waals surface area contributed by atoms with E-state index in [2.05, 4.69) is 65.0 Å². The molecule has 1 aromatic rings. The molecule has 8 atom stereocenters. The second kappa shape index (κ2) is 9.46. The number of hydrogen-bond donors (Lipinski definition) is 2. The van der Waals surface area contributed by atoms with Gasteiger partial charge in [0.25, 0.3) is 0 Å². The van der Waals surface area contributed by atoms with Crippen LogP contribution in [0, 0.1) is 34.5 Å². The van der Waals surface area contributed by atoms with Crippen LogP contribution in [0.15, 0.2) is 35.9 Å². The Morgan fingerprint density at radius 3 is 2.41 bits per heavy atom. The third kappa shape index (κ3) is 5.08. The molecule has 0 aromatic heterocycles. The van der Waals surface area contributed by atoms with Crippen molar-refractivity contribution in [2.24, 2.45) is 39.6 Å². The molecule has 3 saturated carbocycles. The number of nitrogens with two attached hydrogens (primary N) is 1. The summed E-state index contributed by atoms with van der Waals surface area (Å²) < 4.78 is 28.2. The Morgan fingerprint density at radius 1 is 1.05 bits per heavy atom. The van der Waals surface area contributed by atoms with Crippen molar-refractivity contribution in [3.8, 4) is 0 Å². The summed E-state index contributed by atoms with van der Waals surface area (Å²) in [5, 5.41) is 16.7. The molecular weight excluding hydrogens is 482 g/mol. The lowest BCUT2D eigenvalue weighted by Crippen LogP contribution is -2.51. The van der Waals surface area contributed by atoms with Gasteiger partial charge in [-0.15, -0.1) is 0 Å². The molecular formula is C31H47NO4S. The molecule has 3 fully saturated rings. The first-order chi connectivity index (χ1) is 17.2. The zero-order valence-corrected chi connectivity index (χ0v) is 24.2. The minimum Gasteiger partial charge on any atom is -0.392 e. The molecule has 5 nitrogen and oxygen atoms in total. The Hall–Kier alpha value is -1.21. The Labute approximate surface area is 224 Å². The summed E-state index contributed by atoms with van der Waals surface area (Å²) in [7, 11) is -3.92. The third-order valence-corrected chi connectivity index (χ3v) is 11.7. The Balaban J connectivity index is 1.29. The minimum absolute atomic E-state index is 0.119. The highest BCUT2D eigenvalue weighted by atomic mass is 32.2. The average molecular weight is 530 g/mol. The van der Waals surface area contributed by atoms with Gasteiger partial charge in [-0.05, 0) is 109 Å². The van der Waals surface area contributed by atoms with E-state index in [9.17, 15) is 13.5 Å². The van der Waals surface area contributed by atoms with E-state index >= 15 is 0 Å². The van der Waals surface area contributed by atoms with Gasteiger partial charge < -0.3 is 5.11 Å². The molecule has 2 unspecified atom stereocenters. The molecule has 206 valence electrons. The van der Waals surface area contributed by atoms with Crippen LogP contribution in [0.2, 0.25) is 0 Å². The van der Waals surface area contributed by atoms with E-state index in [-0.39, 0.29) is 28.5 Å².